The molecule has 0 N–H and O–H groups in total. The molecule has 1 aromatic carbocycles. The summed E-state index contributed by atoms with van der Waals surface area (Å²) in [7, 11) is -3.53. The van der Waals surface area contributed by atoms with Crippen LogP contribution in [0.25, 0.3) is 0 Å². The molecule has 1 aliphatic heterocycles. The molecule has 21 heavy (non-hydrogen) atoms. The van der Waals surface area contributed by atoms with E-state index in [0.717, 1.165) is 4.47 Å². The van der Waals surface area contributed by atoms with Crippen LogP contribution in [-0.2, 0) is 14.8 Å². The Morgan fingerprint density at radius 2 is 1.95 bits per heavy atom. The minimum atomic E-state index is -3.53. The van der Waals surface area contributed by atoms with Gasteiger partial charge in [-0.3, -0.25) is 0 Å². The van der Waals surface area contributed by atoms with Crippen LogP contribution in [0.4, 0.5) is 0 Å². The van der Waals surface area contributed by atoms with Gasteiger partial charge in [-0.05, 0) is 48.8 Å². The van der Waals surface area contributed by atoms with E-state index >= 15 is 0 Å². The Bertz CT molecular complexity index is 595. The van der Waals surface area contributed by atoms with Gasteiger partial charge in [0.05, 0.1) is 28.2 Å². The number of hydrogen-bond donors (Lipinski definition) is 0. The van der Waals surface area contributed by atoms with E-state index in [1.807, 2.05) is 20.8 Å². The van der Waals surface area contributed by atoms with Gasteiger partial charge in [0, 0.05) is 19.2 Å². The molecular weight excluding hydrogens is 358 g/mol. The highest BCUT2D eigenvalue weighted by Gasteiger charge is 2.32. The second-order valence-electron chi connectivity index (χ2n) is 5.10. The predicted molar refractivity (Wildman–Crippen MR) is 84.1 cm³/mol. The first-order valence-corrected chi connectivity index (χ1v) is 9.16. The van der Waals surface area contributed by atoms with Gasteiger partial charge in [-0.2, -0.15) is 4.31 Å². The van der Waals surface area contributed by atoms with E-state index in [-0.39, 0.29) is 17.1 Å². The molecule has 118 valence electrons. The number of nitrogens with zero attached hydrogens (tertiary/aromatic N) is 1. The van der Waals surface area contributed by atoms with Crippen molar-refractivity contribution in [3.8, 4) is 5.75 Å². The Kier molecular flexibility index (Phi) is 5.29. The second-order valence-corrected chi connectivity index (χ2v) is 7.90. The molecule has 2 atom stereocenters. The maximum absolute atomic E-state index is 12.7. The first-order valence-electron chi connectivity index (χ1n) is 6.92. The van der Waals surface area contributed by atoms with E-state index in [1.54, 1.807) is 18.2 Å². The average molecular weight is 378 g/mol. The van der Waals surface area contributed by atoms with Gasteiger partial charge in [-0.15, -0.1) is 0 Å². The number of sulfonamides is 1. The molecule has 5 nitrogen and oxygen atoms in total. The lowest BCUT2D eigenvalue weighted by Gasteiger charge is -2.34. The Hall–Kier alpha value is -0.630. The van der Waals surface area contributed by atoms with Gasteiger partial charge in [-0.1, -0.05) is 0 Å². The third-order valence-corrected chi connectivity index (χ3v) is 5.71. The van der Waals surface area contributed by atoms with Crippen molar-refractivity contribution in [1.29, 1.82) is 0 Å². The van der Waals surface area contributed by atoms with Crippen molar-refractivity contribution in [2.45, 2.75) is 37.9 Å². The van der Waals surface area contributed by atoms with Crippen LogP contribution in [0.1, 0.15) is 20.8 Å². The SMILES string of the molecule is CCOc1cc(S(=O)(=O)N2CC(C)OC(C)C2)ccc1Br. The minimum absolute atomic E-state index is 0.106. The molecule has 2 rings (SSSR count). The van der Waals surface area contributed by atoms with Crippen LogP contribution < -0.4 is 4.74 Å². The highest BCUT2D eigenvalue weighted by Crippen LogP contribution is 2.30. The van der Waals surface area contributed by atoms with Crippen LogP contribution in [0.15, 0.2) is 27.6 Å². The Morgan fingerprint density at radius 3 is 2.52 bits per heavy atom. The van der Waals surface area contributed by atoms with Crippen molar-refractivity contribution in [2.75, 3.05) is 19.7 Å². The summed E-state index contributed by atoms with van der Waals surface area (Å²) in [5.74, 6) is 0.535. The van der Waals surface area contributed by atoms with Crippen molar-refractivity contribution >= 4 is 26.0 Å². The van der Waals surface area contributed by atoms with Crippen LogP contribution in [0.5, 0.6) is 5.75 Å². The number of halogens is 1. The molecular formula is C14H20BrNO4S. The maximum Gasteiger partial charge on any atom is 0.243 e. The van der Waals surface area contributed by atoms with Crippen molar-refractivity contribution < 1.29 is 17.9 Å². The molecule has 0 aromatic heterocycles. The molecule has 0 saturated carbocycles. The fourth-order valence-corrected chi connectivity index (χ4v) is 4.35. The van der Waals surface area contributed by atoms with E-state index in [4.69, 9.17) is 9.47 Å². The first kappa shape index (κ1) is 16.7. The predicted octanol–water partition coefficient (Wildman–Crippen LogP) is 2.65. The molecule has 7 heteroatoms. The van der Waals surface area contributed by atoms with Gasteiger partial charge in [0.25, 0.3) is 0 Å². The van der Waals surface area contributed by atoms with Crippen LogP contribution in [0.3, 0.4) is 0 Å². The zero-order valence-corrected chi connectivity index (χ0v) is 14.8. The number of hydrogen-bond acceptors (Lipinski definition) is 4. The summed E-state index contributed by atoms with van der Waals surface area (Å²) >= 11 is 3.36. The fourth-order valence-electron chi connectivity index (χ4n) is 2.39. The van der Waals surface area contributed by atoms with Crippen LogP contribution in [-0.4, -0.2) is 44.6 Å². The standard InChI is InChI=1S/C14H20BrNO4S/c1-4-19-14-7-12(5-6-13(14)15)21(17,18)16-8-10(2)20-11(3)9-16/h5-7,10-11H,4,8-9H2,1-3H3. The molecule has 0 bridgehead atoms. The summed E-state index contributed by atoms with van der Waals surface area (Å²) in [5, 5.41) is 0. The Morgan fingerprint density at radius 1 is 1.33 bits per heavy atom. The van der Waals surface area contributed by atoms with Gasteiger partial charge in [0.2, 0.25) is 10.0 Å². The maximum atomic E-state index is 12.7. The average Bonchev–Trinajstić information content (AvgIpc) is 2.40. The van der Waals surface area contributed by atoms with E-state index in [9.17, 15) is 8.42 Å². The third kappa shape index (κ3) is 3.77. The van der Waals surface area contributed by atoms with E-state index in [0.29, 0.717) is 25.4 Å². The topological polar surface area (TPSA) is 55.8 Å². The molecule has 1 fully saturated rings. The normalized spacial score (nSPS) is 24.0. The van der Waals surface area contributed by atoms with Gasteiger partial charge >= 0.3 is 0 Å². The lowest BCUT2D eigenvalue weighted by molar-refractivity contribution is -0.0440. The van der Waals surface area contributed by atoms with Gasteiger partial charge in [-0.25, -0.2) is 8.42 Å². The third-order valence-electron chi connectivity index (χ3n) is 3.23. The largest absolute Gasteiger partial charge is 0.493 e. The van der Waals surface area contributed by atoms with E-state index in [1.165, 1.54) is 4.31 Å². The molecule has 1 aromatic rings. The van der Waals surface area contributed by atoms with Crippen LogP contribution >= 0.6 is 15.9 Å². The number of morpholine rings is 1. The number of benzene rings is 1. The summed E-state index contributed by atoms with van der Waals surface area (Å²) in [6.07, 6.45) is -0.212. The van der Waals surface area contributed by atoms with Crippen LogP contribution in [0, 0.1) is 0 Å². The fraction of sp³-hybridized carbons (Fsp3) is 0.571. The second kappa shape index (κ2) is 6.64. The molecule has 0 spiro atoms. The van der Waals surface area contributed by atoms with Crippen molar-refractivity contribution in [1.82, 2.24) is 4.31 Å². The molecule has 2 unspecified atom stereocenters. The molecule has 0 aliphatic carbocycles. The zero-order chi connectivity index (χ0) is 15.6. The lowest BCUT2D eigenvalue weighted by atomic mass is 10.3. The zero-order valence-electron chi connectivity index (χ0n) is 12.4. The lowest BCUT2D eigenvalue weighted by Crippen LogP contribution is -2.48. The van der Waals surface area contributed by atoms with Crippen molar-refractivity contribution in [2.24, 2.45) is 0 Å². The summed E-state index contributed by atoms with van der Waals surface area (Å²) in [6.45, 7) is 6.84. The monoisotopic (exact) mass is 377 g/mol. The van der Waals surface area contributed by atoms with Crippen molar-refractivity contribution in [3.05, 3.63) is 22.7 Å². The quantitative estimate of drug-likeness (QED) is 0.809. The van der Waals surface area contributed by atoms with E-state index in [2.05, 4.69) is 15.9 Å². The molecule has 0 amide bonds. The number of rotatable bonds is 4. The van der Waals surface area contributed by atoms with Gasteiger partial charge in [0.15, 0.2) is 0 Å². The Balaban J connectivity index is 2.33. The molecule has 1 heterocycles. The summed E-state index contributed by atoms with van der Waals surface area (Å²) in [5.41, 5.74) is 0. The van der Waals surface area contributed by atoms with Crippen molar-refractivity contribution in [3.63, 3.8) is 0 Å². The summed E-state index contributed by atoms with van der Waals surface area (Å²) < 4.78 is 38.7. The smallest absolute Gasteiger partial charge is 0.243 e. The highest BCUT2D eigenvalue weighted by molar-refractivity contribution is 9.10. The molecule has 1 aliphatic rings. The van der Waals surface area contributed by atoms with E-state index < -0.39 is 10.0 Å². The van der Waals surface area contributed by atoms with Crippen LogP contribution in [0.2, 0.25) is 0 Å². The summed E-state index contributed by atoms with van der Waals surface area (Å²) in [4.78, 5) is 0.246. The van der Waals surface area contributed by atoms with Gasteiger partial charge in [0.1, 0.15) is 5.75 Å². The first-order chi connectivity index (χ1) is 9.84. The highest BCUT2D eigenvalue weighted by atomic mass is 79.9. The summed E-state index contributed by atoms with van der Waals surface area (Å²) in [6, 6.07) is 4.85. The minimum Gasteiger partial charge on any atom is -0.493 e. The van der Waals surface area contributed by atoms with Gasteiger partial charge < -0.3 is 9.47 Å². The molecule has 0 radical (unpaired) electrons. The Labute approximate surface area is 134 Å². The number of ether oxygens (including phenoxy) is 2. The molecule has 1 saturated heterocycles.